The molecule has 0 aliphatic heterocycles. The molecular formula is C10H23N2OPS2. The number of hydrogen-bond donors (Lipinski definition) is 1. The van der Waals surface area contributed by atoms with Gasteiger partial charge in [-0.25, -0.2) is 0 Å². The third-order valence-electron chi connectivity index (χ3n) is 1.36. The molecule has 0 aromatic rings. The van der Waals surface area contributed by atoms with E-state index in [0.29, 0.717) is 5.25 Å². The summed E-state index contributed by atoms with van der Waals surface area (Å²) in [5.41, 5.74) is -2.02. The minimum atomic E-state index is -2.02. The Morgan fingerprint density at radius 3 is 2.50 bits per heavy atom. The maximum atomic E-state index is 5.82. The van der Waals surface area contributed by atoms with Crippen LogP contribution in [0.1, 0.15) is 41.0 Å². The minimum absolute atomic E-state index is 0.143. The normalized spacial score (nSPS) is 15.9. The Balaban J connectivity index is 4.35. The smallest absolute Gasteiger partial charge is 0.211 e. The SMILES string of the molecule is CCCN=CNP(=S)(OC(C)C)SC(C)C. The molecule has 0 amide bonds. The van der Waals surface area contributed by atoms with E-state index in [2.05, 4.69) is 30.9 Å². The van der Waals surface area contributed by atoms with Crippen molar-refractivity contribution >= 4 is 35.1 Å². The van der Waals surface area contributed by atoms with E-state index in [-0.39, 0.29) is 6.10 Å². The highest BCUT2D eigenvalue weighted by Gasteiger charge is 2.20. The molecule has 0 aromatic heterocycles. The van der Waals surface area contributed by atoms with Gasteiger partial charge in [-0.2, -0.15) is 0 Å². The summed E-state index contributed by atoms with van der Waals surface area (Å²) in [5, 5.41) is 3.62. The lowest BCUT2D eigenvalue weighted by atomic mass is 10.5. The molecule has 0 rings (SSSR count). The molecule has 0 aliphatic rings. The Bertz CT molecular complexity index is 243. The second-order valence-electron chi connectivity index (χ2n) is 3.97. The van der Waals surface area contributed by atoms with E-state index in [1.54, 1.807) is 17.7 Å². The van der Waals surface area contributed by atoms with Gasteiger partial charge in [0.05, 0.1) is 12.4 Å². The van der Waals surface area contributed by atoms with Gasteiger partial charge in [0.1, 0.15) is 0 Å². The molecule has 0 spiro atoms. The van der Waals surface area contributed by atoms with E-state index in [0.717, 1.165) is 13.0 Å². The van der Waals surface area contributed by atoms with Gasteiger partial charge in [0, 0.05) is 11.8 Å². The standard InChI is InChI=1S/C10H23N2OPS2/c1-6-7-11-8-12-14(15,13-9(2)3)16-10(4)5/h8-10H,6-7H2,1-5H3,(H,11,12,15). The van der Waals surface area contributed by atoms with Crippen LogP contribution in [0.5, 0.6) is 0 Å². The fourth-order valence-electron chi connectivity index (χ4n) is 0.946. The summed E-state index contributed by atoms with van der Waals surface area (Å²) in [6.45, 7) is 11.2. The van der Waals surface area contributed by atoms with Gasteiger partial charge in [0.2, 0.25) is 5.62 Å². The summed E-state index contributed by atoms with van der Waals surface area (Å²) in [5.74, 6) is 0. The minimum Gasteiger partial charge on any atom is -0.324 e. The summed E-state index contributed by atoms with van der Waals surface area (Å²) < 4.78 is 5.82. The van der Waals surface area contributed by atoms with Crippen molar-refractivity contribution in [3.05, 3.63) is 0 Å². The summed E-state index contributed by atoms with van der Waals surface area (Å²) in [6, 6.07) is 0. The molecule has 96 valence electrons. The lowest BCUT2D eigenvalue weighted by Gasteiger charge is -2.24. The zero-order valence-electron chi connectivity index (χ0n) is 10.8. The van der Waals surface area contributed by atoms with Crippen molar-refractivity contribution < 1.29 is 4.52 Å². The molecule has 0 heterocycles. The van der Waals surface area contributed by atoms with Crippen molar-refractivity contribution in [1.29, 1.82) is 0 Å². The second kappa shape index (κ2) is 8.51. The molecule has 6 heteroatoms. The van der Waals surface area contributed by atoms with Crippen molar-refractivity contribution in [2.75, 3.05) is 6.54 Å². The highest BCUT2D eigenvalue weighted by atomic mass is 32.9. The van der Waals surface area contributed by atoms with E-state index in [4.69, 9.17) is 16.3 Å². The van der Waals surface area contributed by atoms with Crippen molar-refractivity contribution in [1.82, 2.24) is 5.09 Å². The number of hydrogen-bond acceptors (Lipinski definition) is 4. The van der Waals surface area contributed by atoms with Gasteiger partial charge < -0.3 is 9.61 Å². The van der Waals surface area contributed by atoms with E-state index in [9.17, 15) is 0 Å². The van der Waals surface area contributed by atoms with Gasteiger partial charge in [0.25, 0.3) is 0 Å². The average Bonchev–Trinajstić information content (AvgIpc) is 2.09. The van der Waals surface area contributed by atoms with Crippen molar-refractivity contribution in [3.63, 3.8) is 0 Å². The van der Waals surface area contributed by atoms with Crippen LogP contribution in [0.15, 0.2) is 4.99 Å². The van der Waals surface area contributed by atoms with Crippen LogP contribution in [0.3, 0.4) is 0 Å². The Kier molecular flexibility index (Phi) is 8.74. The lowest BCUT2D eigenvalue weighted by Crippen LogP contribution is -2.13. The van der Waals surface area contributed by atoms with Gasteiger partial charge in [-0.1, -0.05) is 32.2 Å². The lowest BCUT2D eigenvalue weighted by molar-refractivity contribution is 0.274. The molecule has 1 unspecified atom stereocenters. The van der Waals surface area contributed by atoms with Crippen LogP contribution in [0.2, 0.25) is 0 Å². The molecule has 0 aromatic carbocycles. The van der Waals surface area contributed by atoms with E-state index in [1.165, 1.54) is 0 Å². The van der Waals surface area contributed by atoms with E-state index < -0.39 is 5.62 Å². The summed E-state index contributed by atoms with van der Waals surface area (Å²) in [6.07, 6.45) is 2.90. The molecule has 0 radical (unpaired) electrons. The molecule has 0 aliphatic carbocycles. The van der Waals surface area contributed by atoms with Crippen LogP contribution in [-0.2, 0) is 16.3 Å². The first kappa shape index (κ1) is 16.4. The first-order chi connectivity index (χ1) is 7.39. The number of aliphatic imine (C=N–C) groups is 1. The van der Waals surface area contributed by atoms with Crippen LogP contribution >= 0.6 is 17.0 Å². The number of rotatable bonds is 8. The van der Waals surface area contributed by atoms with Crippen LogP contribution in [0.25, 0.3) is 0 Å². The van der Waals surface area contributed by atoms with Crippen LogP contribution in [0, 0.1) is 0 Å². The second-order valence-corrected chi connectivity index (χ2v) is 11.0. The molecular weight excluding hydrogens is 259 g/mol. The first-order valence-electron chi connectivity index (χ1n) is 5.62. The fourth-order valence-corrected chi connectivity index (χ4v) is 7.31. The molecule has 1 atom stereocenters. The van der Waals surface area contributed by atoms with E-state index in [1.807, 2.05) is 13.8 Å². The molecule has 0 fully saturated rings. The third kappa shape index (κ3) is 8.57. The fraction of sp³-hybridized carbons (Fsp3) is 0.900. The van der Waals surface area contributed by atoms with E-state index >= 15 is 0 Å². The maximum Gasteiger partial charge on any atom is 0.211 e. The topological polar surface area (TPSA) is 33.6 Å². The summed E-state index contributed by atoms with van der Waals surface area (Å²) in [4.78, 5) is 4.22. The number of nitrogens with zero attached hydrogens (tertiary/aromatic N) is 1. The molecule has 3 nitrogen and oxygen atoms in total. The average molecular weight is 282 g/mol. The van der Waals surface area contributed by atoms with Crippen molar-refractivity contribution in [3.8, 4) is 0 Å². The molecule has 1 N–H and O–H groups in total. The molecule has 0 saturated carbocycles. The molecule has 0 bridgehead atoms. The molecule has 16 heavy (non-hydrogen) atoms. The maximum absolute atomic E-state index is 5.82. The number of nitrogens with one attached hydrogen (secondary N) is 1. The van der Waals surface area contributed by atoms with Crippen molar-refractivity contribution in [2.24, 2.45) is 4.99 Å². The molecule has 0 saturated heterocycles. The van der Waals surface area contributed by atoms with Gasteiger partial charge >= 0.3 is 0 Å². The highest BCUT2D eigenvalue weighted by molar-refractivity contribution is 8.69. The highest BCUT2D eigenvalue weighted by Crippen LogP contribution is 2.58. The Labute approximate surface area is 109 Å². The van der Waals surface area contributed by atoms with Crippen LogP contribution in [0.4, 0.5) is 0 Å². The van der Waals surface area contributed by atoms with Crippen LogP contribution < -0.4 is 5.09 Å². The first-order valence-corrected chi connectivity index (χ1v) is 9.83. The van der Waals surface area contributed by atoms with Gasteiger partial charge in [-0.3, -0.25) is 4.99 Å². The predicted molar refractivity (Wildman–Crippen MR) is 80.0 cm³/mol. The summed E-state index contributed by atoms with van der Waals surface area (Å²) in [7, 11) is 0. The Hall–Kier alpha value is 0.430. The zero-order chi connectivity index (χ0) is 12.6. The van der Waals surface area contributed by atoms with Gasteiger partial charge in [-0.05, 0) is 32.1 Å². The largest absolute Gasteiger partial charge is 0.324 e. The van der Waals surface area contributed by atoms with Crippen molar-refractivity contribution in [2.45, 2.75) is 52.4 Å². The third-order valence-corrected chi connectivity index (χ3v) is 7.21. The predicted octanol–water partition coefficient (Wildman–Crippen LogP) is 3.81. The Morgan fingerprint density at radius 2 is 2.06 bits per heavy atom. The zero-order valence-corrected chi connectivity index (χ0v) is 13.3. The van der Waals surface area contributed by atoms with Gasteiger partial charge in [-0.15, -0.1) is 0 Å². The van der Waals surface area contributed by atoms with Gasteiger partial charge in [0.15, 0.2) is 0 Å². The van der Waals surface area contributed by atoms with Crippen LogP contribution in [-0.4, -0.2) is 24.2 Å². The Morgan fingerprint density at radius 1 is 1.44 bits per heavy atom. The quantitative estimate of drug-likeness (QED) is 0.417. The summed E-state index contributed by atoms with van der Waals surface area (Å²) >= 11 is 7.24. The monoisotopic (exact) mass is 282 g/mol.